The Kier molecular flexibility index (Phi) is 8.57. The molecule has 1 atom stereocenters. The third kappa shape index (κ3) is 6.70. The minimum absolute atomic E-state index is 0.0552. The van der Waals surface area contributed by atoms with E-state index in [-0.39, 0.29) is 24.3 Å². The van der Waals surface area contributed by atoms with E-state index in [2.05, 4.69) is 51.8 Å². The van der Waals surface area contributed by atoms with Crippen molar-refractivity contribution < 1.29 is 34.4 Å². The molecule has 6 aromatic rings. The number of carboxylic acids is 2. The van der Waals surface area contributed by atoms with Gasteiger partial charge < -0.3 is 34.8 Å². The van der Waals surface area contributed by atoms with Crippen LogP contribution in [0.3, 0.4) is 0 Å². The number of rotatable bonds is 11. The summed E-state index contributed by atoms with van der Waals surface area (Å²) in [6.45, 7) is 0.306. The largest absolute Gasteiger partial charge is 0.492 e. The fourth-order valence-corrected chi connectivity index (χ4v) is 5.65. The summed E-state index contributed by atoms with van der Waals surface area (Å²) in [5.41, 5.74) is 4.50. The molecule has 0 aliphatic carbocycles. The fraction of sp³-hybridized carbons (Fsp3) is 0.125. The van der Waals surface area contributed by atoms with Gasteiger partial charge in [-0.05, 0) is 105 Å². The van der Waals surface area contributed by atoms with Gasteiger partial charge in [0.2, 0.25) is 0 Å². The lowest BCUT2D eigenvalue weighted by atomic mass is 10.2. The Hall–Kier alpha value is -4.72. The van der Waals surface area contributed by atoms with Gasteiger partial charge in [-0.15, -0.1) is 0 Å². The van der Waals surface area contributed by atoms with Crippen LogP contribution < -0.4 is 9.47 Å². The summed E-state index contributed by atoms with van der Waals surface area (Å²) in [5, 5.41) is 28.9. The van der Waals surface area contributed by atoms with E-state index in [0.717, 1.165) is 11.1 Å². The third-order valence-electron chi connectivity index (χ3n) is 7.01. The van der Waals surface area contributed by atoms with Crippen LogP contribution in [0.2, 0.25) is 0 Å². The number of carbonyl (C=O) groups is 2. The number of nitrogens with zero attached hydrogens (tertiary/aromatic N) is 2. The Morgan fingerprint density at radius 3 is 1.67 bits per heavy atom. The van der Waals surface area contributed by atoms with Gasteiger partial charge in [-0.1, -0.05) is 0 Å². The van der Waals surface area contributed by atoms with Crippen LogP contribution in [0, 0.1) is 0 Å². The summed E-state index contributed by atoms with van der Waals surface area (Å²) in [6.07, 6.45) is -0.448. The highest BCUT2D eigenvalue weighted by Gasteiger charge is 2.14. The third-order valence-corrected chi connectivity index (χ3v) is 8.25. The Bertz CT molecular complexity index is 2070. The molecule has 1 unspecified atom stereocenters. The molecular formula is C32H24Br2N4O7. The topological polar surface area (TPSA) is 171 Å². The van der Waals surface area contributed by atoms with Crippen LogP contribution in [0.4, 0.5) is 0 Å². The zero-order chi connectivity index (χ0) is 31.7. The van der Waals surface area contributed by atoms with E-state index >= 15 is 0 Å². The number of aromatic nitrogens is 4. The Morgan fingerprint density at radius 2 is 1.20 bits per heavy atom. The van der Waals surface area contributed by atoms with Gasteiger partial charge in [0, 0.05) is 17.5 Å². The quantitative estimate of drug-likeness (QED) is 0.0949. The van der Waals surface area contributed by atoms with Crippen molar-refractivity contribution in [1.29, 1.82) is 0 Å². The number of aliphatic hydroxyl groups is 1. The number of hydrogen-bond donors (Lipinski definition) is 5. The molecule has 0 radical (unpaired) electrons. The predicted octanol–water partition coefficient (Wildman–Crippen LogP) is 6.90. The van der Waals surface area contributed by atoms with E-state index in [4.69, 9.17) is 9.47 Å². The van der Waals surface area contributed by atoms with Gasteiger partial charge in [0.1, 0.15) is 29.8 Å². The first-order valence-corrected chi connectivity index (χ1v) is 15.2. The maximum atomic E-state index is 11.3. The summed E-state index contributed by atoms with van der Waals surface area (Å²) in [6, 6.07) is 20.4. The molecule has 45 heavy (non-hydrogen) atoms. The highest BCUT2D eigenvalue weighted by atomic mass is 79.9. The minimum Gasteiger partial charge on any atom is -0.492 e. The Labute approximate surface area is 272 Å². The van der Waals surface area contributed by atoms with E-state index in [0.29, 0.717) is 60.6 Å². The molecule has 0 fully saturated rings. The average molecular weight is 736 g/mol. The summed E-state index contributed by atoms with van der Waals surface area (Å²) < 4.78 is 13.1. The average Bonchev–Trinajstić information content (AvgIpc) is 3.65. The van der Waals surface area contributed by atoms with Crippen LogP contribution in [0.1, 0.15) is 27.1 Å². The molecular weight excluding hydrogens is 712 g/mol. The van der Waals surface area contributed by atoms with Gasteiger partial charge >= 0.3 is 11.9 Å². The normalized spacial score (nSPS) is 12.0. The number of aromatic carboxylic acids is 2. The highest BCUT2D eigenvalue weighted by Crippen LogP contribution is 2.32. The SMILES string of the molecule is O=C(O)c1ccc2nc(-c3ccc(OCCC(O)COc4ccc(-c5nc6ccc(C(=O)O)cc6[nH]5)cc4Br)c(Br)c3)[nH]c2c1. The number of nitrogens with one attached hydrogen (secondary N) is 2. The van der Waals surface area contributed by atoms with E-state index in [9.17, 15) is 24.9 Å². The van der Waals surface area contributed by atoms with Crippen LogP contribution in [0.5, 0.6) is 11.5 Å². The molecule has 0 aliphatic rings. The standard InChI is InChI=1S/C32H24Br2N4O7/c33-21-11-16(29-35-23-5-1-18(31(40)41)13-25(23)37-29)3-7-27(21)44-10-9-20(39)15-45-28-8-4-17(12-22(28)34)30-36-24-6-2-19(32(42)43)14-26(24)38-30/h1-8,11-14,20,39H,9-10,15H2,(H,35,37)(H,36,38)(H,40,41)(H,42,43). The van der Waals surface area contributed by atoms with Crippen molar-refractivity contribution >= 4 is 65.9 Å². The lowest BCUT2D eigenvalue weighted by Crippen LogP contribution is -2.20. The number of ether oxygens (including phenoxy) is 2. The molecule has 5 N–H and O–H groups in total. The second-order valence-electron chi connectivity index (χ2n) is 10.1. The maximum Gasteiger partial charge on any atom is 0.335 e. The monoisotopic (exact) mass is 734 g/mol. The van der Waals surface area contributed by atoms with Crippen molar-refractivity contribution in [3.63, 3.8) is 0 Å². The van der Waals surface area contributed by atoms with Crippen LogP contribution in [-0.4, -0.2) is 66.5 Å². The molecule has 0 amide bonds. The van der Waals surface area contributed by atoms with Gasteiger partial charge in [0.25, 0.3) is 0 Å². The number of H-pyrrole nitrogens is 2. The number of hydrogen-bond acceptors (Lipinski definition) is 7. The molecule has 2 heterocycles. The number of aliphatic hydroxyl groups excluding tert-OH is 1. The number of carboxylic acid groups (broad SMARTS) is 2. The van der Waals surface area contributed by atoms with Crippen LogP contribution in [-0.2, 0) is 0 Å². The lowest BCUT2D eigenvalue weighted by Gasteiger charge is -2.15. The molecule has 2 aromatic heterocycles. The first-order chi connectivity index (χ1) is 21.6. The first kappa shape index (κ1) is 30.3. The van der Waals surface area contributed by atoms with E-state index < -0.39 is 18.0 Å². The first-order valence-electron chi connectivity index (χ1n) is 13.6. The highest BCUT2D eigenvalue weighted by molar-refractivity contribution is 9.11. The Morgan fingerprint density at radius 1 is 0.711 bits per heavy atom. The van der Waals surface area contributed by atoms with Crippen LogP contribution >= 0.6 is 31.9 Å². The number of halogens is 2. The molecule has 228 valence electrons. The van der Waals surface area contributed by atoms with E-state index in [1.807, 2.05) is 24.3 Å². The van der Waals surface area contributed by atoms with Gasteiger partial charge in [-0.3, -0.25) is 0 Å². The Balaban J connectivity index is 1.02. The number of fused-ring (bicyclic) bond motifs is 2. The van der Waals surface area contributed by atoms with Crippen LogP contribution in [0.15, 0.2) is 81.7 Å². The van der Waals surface area contributed by atoms with Crippen molar-refractivity contribution in [2.75, 3.05) is 13.2 Å². The van der Waals surface area contributed by atoms with Crippen molar-refractivity contribution in [3.05, 3.63) is 92.9 Å². The smallest absolute Gasteiger partial charge is 0.335 e. The molecule has 6 rings (SSSR count). The second kappa shape index (κ2) is 12.7. The fourth-order valence-electron chi connectivity index (χ4n) is 4.66. The van der Waals surface area contributed by atoms with Gasteiger partial charge in [0.05, 0.1) is 54.8 Å². The van der Waals surface area contributed by atoms with Gasteiger partial charge in [-0.25, -0.2) is 19.6 Å². The second-order valence-corrected chi connectivity index (χ2v) is 11.8. The molecule has 13 heteroatoms. The molecule has 0 saturated heterocycles. The summed E-state index contributed by atoms with van der Waals surface area (Å²) in [4.78, 5) is 37.9. The number of imidazole rings is 2. The summed E-state index contributed by atoms with van der Waals surface area (Å²) in [5.74, 6) is 0.317. The molecule has 0 bridgehead atoms. The molecule has 11 nitrogen and oxygen atoms in total. The van der Waals surface area contributed by atoms with Gasteiger partial charge in [0.15, 0.2) is 0 Å². The molecule has 4 aromatic carbocycles. The number of aromatic amines is 2. The maximum absolute atomic E-state index is 11.3. The molecule has 0 aliphatic heterocycles. The zero-order valence-corrected chi connectivity index (χ0v) is 26.4. The van der Waals surface area contributed by atoms with Crippen molar-refractivity contribution in [2.24, 2.45) is 0 Å². The van der Waals surface area contributed by atoms with Gasteiger partial charge in [-0.2, -0.15) is 0 Å². The van der Waals surface area contributed by atoms with Crippen LogP contribution in [0.25, 0.3) is 44.8 Å². The summed E-state index contributed by atoms with van der Waals surface area (Å²) in [7, 11) is 0. The summed E-state index contributed by atoms with van der Waals surface area (Å²) >= 11 is 7.05. The van der Waals surface area contributed by atoms with E-state index in [1.165, 1.54) is 12.1 Å². The lowest BCUT2D eigenvalue weighted by molar-refractivity contribution is 0.0686. The minimum atomic E-state index is -1.01. The van der Waals surface area contributed by atoms with Crippen molar-refractivity contribution in [1.82, 2.24) is 19.9 Å². The number of benzene rings is 4. The molecule has 0 saturated carbocycles. The zero-order valence-electron chi connectivity index (χ0n) is 23.3. The molecule has 0 spiro atoms. The van der Waals surface area contributed by atoms with E-state index in [1.54, 1.807) is 36.4 Å². The van der Waals surface area contributed by atoms with Crippen molar-refractivity contribution in [3.8, 4) is 34.3 Å². The predicted molar refractivity (Wildman–Crippen MR) is 174 cm³/mol. The van der Waals surface area contributed by atoms with Crippen molar-refractivity contribution in [2.45, 2.75) is 12.5 Å².